The molecule has 0 saturated carbocycles. The molecule has 0 radical (unpaired) electrons. The number of aryl methyl sites for hydroxylation is 1. The van der Waals surface area contributed by atoms with E-state index in [2.05, 4.69) is 10.3 Å². The van der Waals surface area contributed by atoms with Gasteiger partial charge in [0.1, 0.15) is 0 Å². The van der Waals surface area contributed by atoms with Crippen LogP contribution in [-0.4, -0.2) is 41.7 Å². The molecule has 7 heteroatoms. The Kier molecular flexibility index (Phi) is 6.00. The summed E-state index contributed by atoms with van der Waals surface area (Å²) in [6.07, 6.45) is 1.42. The Bertz CT molecular complexity index is 770. The van der Waals surface area contributed by atoms with E-state index in [0.717, 1.165) is 11.3 Å². The van der Waals surface area contributed by atoms with Crippen LogP contribution < -0.4 is 5.32 Å². The Morgan fingerprint density at radius 3 is 2.73 bits per heavy atom. The molecule has 1 fully saturated rings. The molecule has 2 aromatic rings. The number of thiophene rings is 1. The Morgan fingerprint density at radius 2 is 2.12 bits per heavy atom. The van der Waals surface area contributed by atoms with Crippen LogP contribution >= 0.6 is 11.3 Å². The summed E-state index contributed by atoms with van der Waals surface area (Å²) in [7, 11) is 0. The zero-order valence-corrected chi connectivity index (χ0v) is 15.4. The number of aliphatic carboxylic acids is 1. The first-order valence-electron chi connectivity index (χ1n) is 8.65. The normalized spacial score (nSPS) is 16.2. The van der Waals surface area contributed by atoms with E-state index >= 15 is 0 Å². The fourth-order valence-corrected chi connectivity index (χ4v) is 3.89. The molecule has 0 aromatic carbocycles. The molecule has 0 bridgehead atoms. The predicted molar refractivity (Wildman–Crippen MR) is 99.3 cm³/mol. The largest absolute Gasteiger partial charge is 0.481 e. The first-order chi connectivity index (χ1) is 12.6. The fourth-order valence-electron chi connectivity index (χ4n) is 3.24. The molecule has 2 N–H and O–H groups in total. The Labute approximate surface area is 156 Å². The van der Waals surface area contributed by atoms with Crippen molar-refractivity contribution in [3.63, 3.8) is 0 Å². The minimum atomic E-state index is -0.875. The molecular weight excluding hydrogens is 352 g/mol. The molecule has 3 rings (SSSR count). The first kappa shape index (κ1) is 18.5. The monoisotopic (exact) mass is 374 g/mol. The first-order valence-corrected chi connectivity index (χ1v) is 9.59. The molecule has 6 nitrogen and oxygen atoms in total. The van der Waals surface area contributed by atoms with Crippen molar-refractivity contribution in [1.29, 1.82) is 0 Å². The van der Waals surface area contributed by atoms with Crippen LogP contribution in [0.2, 0.25) is 0 Å². The molecule has 1 saturated heterocycles. The molecule has 1 unspecified atom stereocenters. The molecule has 1 aliphatic heterocycles. The van der Waals surface area contributed by atoms with E-state index in [1.807, 2.05) is 22.9 Å². The number of carboxylic acids is 1. The zero-order chi connectivity index (χ0) is 18.5. The third kappa shape index (κ3) is 4.28. The summed E-state index contributed by atoms with van der Waals surface area (Å²) in [5, 5.41) is 16.3. The van der Waals surface area contributed by atoms with Gasteiger partial charge in [-0.25, -0.2) is 0 Å². The van der Waals surface area contributed by atoms with Gasteiger partial charge in [-0.3, -0.25) is 14.6 Å². The number of nitrogens with zero attached hydrogens (tertiary/aromatic N) is 1. The third-order valence-electron chi connectivity index (χ3n) is 4.78. The molecule has 138 valence electrons. The van der Waals surface area contributed by atoms with Gasteiger partial charge >= 0.3 is 5.97 Å². The van der Waals surface area contributed by atoms with Crippen LogP contribution in [0.4, 0.5) is 0 Å². The highest BCUT2D eigenvalue weighted by Gasteiger charge is 2.30. The van der Waals surface area contributed by atoms with Crippen molar-refractivity contribution in [3.05, 3.63) is 40.2 Å². The Morgan fingerprint density at radius 1 is 1.35 bits per heavy atom. The van der Waals surface area contributed by atoms with E-state index in [1.165, 1.54) is 0 Å². The van der Waals surface area contributed by atoms with Crippen molar-refractivity contribution >= 4 is 23.2 Å². The lowest BCUT2D eigenvalue weighted by molar-refractivity contribution is -0.144. The van der Waals surface area contributed by atoms with Gasteiger partial charge in [0, 0.05) is 30.7 Å². The lowest BCUT2D eigenvalue weighted by Crippen LogP contribution is -2.39. The lowest BCUT2D eigenvalue weighted by Gasteiger charge is -2.27. The van der Waals surface area contributed by atoms with Gasteiger partial charge in [-0.05, 0) is 49.3 Å². The van der Waals surface area contributed by atoms with Crippen LogP contribution in [0.25, 0.3) is 11.3 Å². The van der Waals surface area contributed by atoms with Gasteiger partial charge in [0.15, 0.2) is 0 Å². The maximum Gasteiger partial charge on any atom is 0.308 e. The summed E-state index contributed by atoms with van der Waals surface area (Å²) in [6, 6.07) is 5.55. The topological polar surface area (TPSA) is 88.5 Å². The number of rotatable bonds is 6. The number of aromatic nitrogens is 1. The predicted octanol–water partition coefficient (Wildman–Crippen LogP) is 2.98. The van der Waals surface area contributed by atoms with Crippen molar-refractivity contribution in [1.82, 2.24) is 10.3 Å². The van der Waals surface area contributed by atoms with Crippen molar-refractivity contribution in [2.75, 3.05) is 19.8 Å². The number of carboxylic acid groups (broad SMARTS) is 1. The molecule has 0 aliphatic carbocycles. The highest BCUT2D eigenvalue weighted by atomic mass is 32.1. The van der Waals surface area contributed by atoms with E-state index in [4.69, 9.17) is 4.74 Å². The van der Waals surface area contributed by atoms with Gasteiger partial charge in [0.25, 0.3) is 5.91 Å². The molecule has 26 heavy (non-hydrogen) atoms. The summed E-state index contributed by atoms with van der Waals surface area (Å²) >= 11 is 1.59. The fraction of sp³-hybridized carbons (Fsp3) is 0.421. The summed E-state index contributed by atoms with van der Waals surface area (Å²) in [4.78, 5) is 28.6. The van der Waals surface area contributed by atoms with Crippen LogP contribution in [0.1, 0.15) is 28.9 Å². The summed E-state index contributed by atoms with van der Waals surface area (Å²) < 4.78 is 5.29. The van der Waals surface area contributed by atoms with Crippen molar-refractivity contribution in [3.8, 4) is 11.3 Å². The van der Waals surface area contributed by atoms with Gasteiger partial charge in [0.2, 0.25) is 0 Å². The maximum absolute atomic E-state index is 12.5. The van der Waals surface area contributed by atoms with Crippen molar-refractivity contribution in [2.24, 2.45) is 11.8 Å². The Hall–Kier alpha value is -2.25. The van der Waals surface area contributed by atoms with Crippen LogP contribution in [0.15, 0.2) is 29.0 Å². The van der Waals surface area contributed by atoms with Crippen LogP contribution in [0.3, 0.4) is 0 Å². The number of carbonyl (C=O) groups is 2. The minimum absolute atomic E-state index is 0.0294. The highest BCUT2D eigenvalue weighted by molar-refractivity contribution is 7.08. The number of amides is 1. The minimum Gasteiger partial charge on any atom is -0.481 e. The second kappa shape index (κ2) is 8.42. The van der Waals surface area contributed by atoms with Crippen LogP contribution in [0, 0.1) is 18.8 Å². The van der Waals surface area contributed by atoms with Crippen molar-refractivity contribution < 1.29 is 19.4 Å². The van der Waals surface area contributed by atoms with Gasteiger partial charge < -0.3 is 15.2 Å². The van der Waals surface area contributed by atoms with Gasteiger partial charge in [-0.15, -0.1) is 0 Å². The molecule has 3 heterocycles. The molecule has 1 atom stereocenters. The molecule has 1 aliphatic rings. The van der Waals surface area contributed by atoms with Gasteiger partial charge in [-0.2, -0.15) is 11.3 Å². The summed E-state index contributed by atoms with van der Waals surface area (Å²) in [6.45, 7) is 3.06. The van der Waals surface area contributed by atoms with E-state index in [-0.39, 0.29) is 18.4 Å². The number of pyridine rings is 1. The molecule has 2 aromatic heterocycles. The van der Waals surface area contributed by atoms with Gasteiger partial charge in [-0.1, -0.05) is 0 Å². The number of hydrogen-bond acceptors (Lipinski definition) is 5. The SMILES string of the molecule is Cc1nc(-c2ccsc2)ccc1C(=O)NCC(C(=O)O)C1CCOCC1. The van der Waals surface area contributed by atoms with E-state index < -0.39 is 11.9 Å². The second-order valence-electron chi connectivity index (χ2n) is 6.45. The highest BCUT2D eigenvalue weighted by Crippen LogP contribution is 2.24. The van der Waals surface area contributed by atoms with Gasteiger partial charge in [0.05, 0.1) is 22.9 Å². The van der Waals surface area contributed by atoms with E-state index in [1.54, 1.807) is 24.3 Å². The smallest absolute Gasteiger partial charge is 0.308 e. The third-order valence-corrected chi connectivity index (χ3v) is 5.47. The average Bonchev–Trinajstić information content (AvgIpc) is 3.17. The number of carbonyl (C=O) groups excluding carboxylic acids is 1. The lowest BCUT2D eigenvalue weighted by atomic mass is 9.86. The summed E-state index contributed by atoms with van der Waals surface area (Å²) in [5.74, 6) is -1.73. The van der Waals surface area contributed by atoms with E-state index in [9.17, 15) is 14.7 Å². The van der Waals surface area contributed by atoms with Crippen molar-refractivity contribution in [2.45, 2.75) is 19.8 Å². The summed E-state index contributed by atoms with van der Waals surface area (Å²) in [5.41, 5.74) is 2.95. The quantitative estimate of drug-likeness (QED) is 0.811. The standard InChI is InChI=1S/C19H22N2O4S/c1-12-15(2-3-17(21-12)14-6-9-26-11-14)18(22)20-10-16(19(23)24)13-4-7-25-8-5-13/h2-3,6,9,11,13,16H,4-5,7-8,10H2,1H3,(H,20,22)(H,23,24). The van der Waals surface area contributed by atoms with Crippen LogP contribution in [0.5, 0.6) is 0 Å². The number of hydrogen-bond donors (Lipinski definition) is 2. The Balaban J connectivity index is 1.66. The number of nitrogens with one attached hydrogen (secondary N) is 1. The average molecular weight is 374 g/mol. The zero-order valence-electron chi connectivity index (χ0n) is 14.6. The second-order valence-corrected chi connectivity index (χ2v) is 7.23. The molecule has 0 spiro atoms. The maximum atomic E-state index is 12.5. The number of ether oxygens (including phenoxy) is 1. The van der Waals surface area contributed by atoms with Crippen LogP contribution in [-0.2, 0) is 9.53 Å². The molecular formula is C19H22N2O4S. The van der Waals surface area contributed by atoms with E-state index in [0.29, 0.717) is 37.3 Å². The molecule has 1 amide bonds.